The molecule has 1 amide bonds. The third kappa shape index (κ3) is 4.36. The number of ether oxygens (including phenoxy) is 3. The highest BCUT2D eigenvalue weighted by Crippen LogP contribution is 2.38. The molecule has 1 aromatic heterocycles. The molecule has 1 heterocycles. The lowest BCUT2D eigenvalue weighted by molar-refractivity contribution is 0.0977. The normalized spacial score (nSPS) is 9.92. The standard InChI is InChI=1S/C17H19N3O4S/c1-10-6-5-7-18-15(10)19-17(25)20-16(21)11-8-12(22-2)14(24-4)13(9-11)23-3/h5-9H,1-4H3,(H2,18,19,20,21,25). The lowest BCUT2D eigenvalue weighted by Gasteiger charge is -2.14. The zero-order valence-corrected chi connectivity index (χ0v) is 15.2. The number of hydrogen-bond donors (Lipinski definition) is 2. The van der Waals surface area contributed by atoms with Gasteiger partial charge in [-0.2, -0.15) is 0 Å². The Balaban J connectivity index is 2.17. The largest absolute Gasteiger partial charge is 0.493 e. The first-order valence-electron chi connectivity index (χ1n) is 7.34. The van der Waals surface area contributed by atoms with Crippen LogP contribution in [-0.2, 0) is 0 Å². The molecule has 7 nitrogen and oxygen atoms in total. The van der Waals surface area contributed by atoms with E-state index in [-0.39, 0.29) is 5.11 Å². The number of pyridine rings is 1. The SMILES string of the molecule is COc1cc(C(=O)NC(=S)Nc2ncccc2C)cc(OC)c1OC. The number of aromatic nitrogens is 1. The first-order valence-corrected chi connectivity index (χ1v) is 7.75. The lowest BCUT2D eigenvalue weighted by atomic mass is 10.1. The first kappa shape index (κ1) is 18.5. The molecule has 0 bridgehead atoms. The monoisotopic (exact) mass is 361 g/mol. The molecule has 0 radical (unpaired) electrons. The molecule has 25 heavy (non-hydrogen) atoms. The minimum atomic E-state index is -0.412. The smallest absolute Gasteiger partial charge is 0.257 e. The number of methoxy groups -OCH3 is 3. The van der Waals surface area contributed by atoms with Crippen LogP contribution in [0.15, 0.2) is 30.5 Å². The summed E-state index contributed by atoms with van der Waals surface area (Å²) >= 11 is 5.17. The predicted octanol–water partition coefficient (Wildman–Crippen LogP) is 2.54. The topological polar surface area (TPSA) is 81.7 Å². The molecule has 0 saturated carbocycles. The van der Waals surface area contributed by atoms with E-state index in [2.05, 4.69) is 15.6 Å². The number of nitrogens with zero attached hydrogens (tertiary/aromatic N) is 1. The van der Waals surface area contributed by atoms with Gasteiger partial charge in [0.15, 0.2) is 16.6 Å². The molecule has 0 aliphatic rings. The Kier molecular flexibility index (Phi) is 6.13. The predicted molar refractivity (Wildman–Crippen MR) is 98.8 cm³/mol. The van der Waals surface area contributed by atoms with E-state index in [1.54, 1.807) is 18.3 Å². The van der Waals surface area contributed by atoms with Gasteiger partial charge in [0, 0.05) is 11.8 Å². The Morgan fingerprint density at radius 3 is 2.28 bits per heavy atom. The third-order valence-electron chi connectivity index (χ3n) is 3.40. The Hall–Kier alpha value is -2.87. The summed E-state index contributed by atoms with van der Waals surface area (Å²) in [6.07, 6.45) is 1.64. The van der Waals surface area contributed by atoms with Crippen molar-refractivity contribution >= 4 is 29.1 Å². The average Bonchev–Trinajstić information content (AvgIpc) is 2.62. The summed E-state index contributed by atoms with van der Waals surface area (Å²) in [5, 5.41) is 5.63. The second-order valence-corrected chi connectivity index (χ2v) is 5.40. The molecule has 0 aliphatic carbocycles. The van der Waals surface area contributed by atoms with Crippen molar-refractivity contribution in [2.75, 3.05) is 26.6 Å². The van der Waals surface area contributed by atoms with E-state index >= 15 is 0 Å². The highest BCUT2D eigenvalue weighted by Gasteiger charge is 2.17. The van der Waals surface area contributed by atoms with Crippen LogP contribution in [0.3, 0.4) is 0 Å². The summed E-state index contributed by atoms with van der Waals surface area (Å²) in [5.74, 6) is 1.34. The number of amides is 1. The molecule has 0 unspecified atom stereocenters. The number of thiocarbonyl (C=S) groups is 1. The van der Waals surface area contributed by atoms with Gasteiger partial charge in [0.1, 0.15) is 5.82 Å². The first-order chi connectivity index (χ1) is 12.0. The Morgan fingerprint density at radius 2 is 1.76 bits per heavy atom. The van der Waals surface area contributed by atoms with Crippen molar-refractivity contribution in [3.63, 3.8) is 0 Å². The number of benzene rings is 1. The maximum Gasteiger partial charge on any atom is 0.257 e. The molecule has 1 aromatic carbocycles. The van der Waals surface area contributed by atoms with Crippen LogP contribution in [0.2, 0.25) is 0 Å². The maximum atomic E-state index is 12.5. The van der Waals surface area contributed by atoms with Gasteiger partial charge in [-0.15, -0.1) is 0 Å². The number of aryl methyl sites for hydroxylation is 1. The summed E-state index contributed by atoms with van der Waals surface area (Å²) in [7, 11) is 4.46. The average molecular weight is 361 g/mol. The zero-order chi connectivity index (χ0) is 18.4. The molecule has 132 valence electrons. The van der Waals surface area contributed by atoms with Gasteiger partial charge in [0.2, 0.25) is 5.75 Å². The van der Waals surface area contributed by atoms with E-state index in [0.717, 1.165) is 5.56 Å². The second kappa shape index (κ2) is 8.29. The van der Waals surface area contributed by atoms with E-state index in [1.165, 1.54) is 21.3 Å². The summed E-state index contributed by atoms with van der Waals surface area (Å²) in [5.41, 5.74) is 1.23. The molecular formula is C17H19N3O4S. The Morgan fingerprint density at radius 1 is 1.12 bits per heavy atom. The van der Waals surface area contributed by atoms with Crippen molar-refractivity contribution in [1.29, 1.82) is 0 Å². The van der Waals surface area contributed by atoms with Crippen molar-refractivity contribution in [2.45, 2.75) is 6.92 Å². The van der Waals surface area contributed by atoms with Gasteiger partial charge in [-0.25, -0.2) is 4.98 Å². The zero-order valence-electron chi connectivity index (χ0n) is 14.4. The summed E-state index contributed by atoms with van der Waals surface area (Å²) < 4.78 is 15.7. The maximum absolute atomic E-state index is 12.5. The van der Waals surface area contributed by atoms with Gasteiger partial charge < -0.3 is 19.5 Å². The van der Waals surface area contributed by atoms with Crippen LogP contribution < -0.4 is 24.8 Å². The van der Waals surface area contributed by atoms with Crippen molar-refractivity contribution in [2.24, 2.45) is 0 Å². The molecule has 0 fully saturated rings. The summed E-state index contributed by atoms with van der Waals surface area (Å²) in [4.78, 5) is 16.6. The molecule has 0 aliphatic heterocycles. The number of nitrogens with one attached hydrogen (secondary N) is 2. The molecule has 0 saturated heterocycles. The molecule has 0 atom stereocenters. The van der Waals surface area contributed by atoms with E-state index in [9.17, 15) is 4.79 Å². The molecule has 2 rings (SSSR count). The van der Waals surface area contributed by atoms with Crippen molar-refractivity contribution in [1.82, 2.24) is 10.3 Å². The van der Waals surface area contributed by atoms with Crippen LogP contribution in [0, 0.1) is 6.92 Å². The van der Waals surface area contributed by atoms with E-state index < -0.39 is 5.91 Å². The highest BCUT2D eigenvalue weighted by molar-refractivity contribution is 7.80. The lowest BCUT2D eigenvalue weighted by Crippen LogP contribution is -2.34. The summed E-state index contributed by atoms with van der Waals surface area (Å²) in [6, 6.07) is 6.80. The molecular weight excluding hydrogens is 342 g/mol. The van der Waals surface area contributed by atoms with Crippen molar-refractivity contribution in [3.05, 3.63) is 41.6 Å². The molecule has 2 N–H and O–H groups in total. The second-order valence-electron chi connectivity index (χ2n) is 4.99. The fourth-order valence-corrected chi connectivity index (χ4v) is 2.33. The van der Waals surface area contributed by atoms with E-state index in [0.29, 0.717) is 28.6 Å². The van der Waals surface area contributed by atoms with Crippen LogP contribution in [0.4, 0.5) is 5.82 Å². The van der Waals surface area contributed by atoms with Gasteiger partial charge in [-0.05, 0) is 42.9 Å². The van der Waals surface area contributed by atoms with Crippen LogP contribution in [0.1, 0.15) is 15.9 Å². The summed E-state index contributed by atoms with van der Waals surface area (Å²) in [6.45, 7) is 1.89. The van der Waals surface area contributed by atoms with Crippen LogP contribution in [0.25, 0.3) is 0 Å². The number of hydrogen-bond acceptors (Lipinski definition) is 6. The fourth-order valence-electron chi connectivity index (χ4n) is 2.14. The van der Waals surface area contributed by atoms with Gasteiger partial charge in [-0.1, -0.05) is 6.07 Å². The van der Waals surface area contributed by atoms with Gasteiger partial charge in [0.05, 0.1) is 21.3 Å². The number of carbonyl (C=O) groups excluding carboxylic acids is 1. The van der Waals surface area contributed by atoms with Crippen molar-refractivity contribution in [3.8, 4) is 17.2 Å². The fraction of sp³-hybridized carbons (Fsp3) is 0.235. The highest BCUT2D eigenvalue weighted by atomic mass is 32.1. The van der Waals surface area contributed by atoms with Crippen molar-refractivity contribution < 1.29 is 19.0 Å². The Bertz CT molecular complexity index is 770. The van der Waals surface area contributed by atoms with Gasteiger partial charge in [-0.3, -0.25) is 10.1 Å². The minimum absolute atomic E-state index is 0.139. The van der Waals surface area contributed by atoms with Gasteiger partial charge >= 0.3 is 0 Å². The van der Waals surface area contributed by atoms with E-state index in [1.807, 2.05) is 19.1 Å². The molecule has 0 spiro atoms. The number of rotatable bonds is 5. The van der Waals surface area contributed by atoms with Crippen LogP contribution >= 0.6 is 12.2 Å². The van der Waals surface area contributed by atoms with Crippen LogP contribution in [-0.4, -0.2) is 37.3 Å². The quantitative estimate of drug-likeness (QED) is 0.792. The van der Waals surface area contributed by atoms with E-state index in [4.69, 9.17) is 26.4 Å². The minimum Gasteiger partial charge on any atom is -0.493 e. The number of carbonyl (C=O) groups is 1. The van der Waals surface area contributed by atoms with Crippen LogP contribution in [0.5, 0.6) is 17.2 Å². The third-order valence-corrected chi connectivity index (χ3v) is 3.60. The molecule has 8 heteroatoms. The molecule has 2 aromatic rings. The van der Waals surface area contributed by atoms with Gasteiger partial charge in [0.25, 0.3) is 5.91 Å². The number of anilines is 1. The Labute approximate surface area is 151 Å².